The van der Waals surface area contributed by atoms with Crippen LogP contribution < -0.4 is 10.3 Å². The van der Waals surface area contributed by atoms with Gasteiger partial charge in [0.15, 0.2) is 24.6 Å². The van der Waals surface area contributed by atoms with Crippen molar-refractivity contribution in [2.75, 3.05) is 13.7 Å². The van der Waals surface area contributed by atoms with Crippen LogP contribution in [0.5, 0.6) is 0 Å². The zero-order valence-corrected chi connectivity index (χ0v) is 14.4. The number of ether oxygens (including phenoxy) is 3. The molecule has 1 aromatic heterocycles. The van der Waals surface area contributed by atoms with E-state index in [1.165, 1.54) is 29.1 Å². The molecular formula is C16H21N2O9+. The predicted molar refractivity (Wildman–Crippen MR) is 84.7 cm³/mol. The van der Waals surface area contributed by atoms with E-state index in [1.807, 2.05) is 0 Å². The van der Waals surface area contributed by atoms with E-state index in [-0.39, 0.29) is 5.56 Å². The molecule has 1 saturated heterocycles. The molecule has 1 aromatic rings. The number of carbonyl (C=O) groups is 3. The lowest BCUT2D eigenvalue weighted by molar-refractivity contribution is -0.765. The van der Waals surface area contributed by atoms with E-state index in [2.05, 4.69) is 4.74 Å². The number of primary amides is 1. The van der Waals surface area contributed by atoms with E-state index in [4.69, 9.17) is 15.2 Å². The highest BCUT2D eigenvalue weighted by atomic mass is 16.6. The fourth-order valence-electron chi connectivity index (χ4n) is 2.49. The number of rotatable bonds is 7. The number of amides is 1. The Balaban J connectivity index is 1.98. The first-order valence-corrected chi connectivity index (χ1v) is 7.98. The highest BCUT2D eigenvalue weighted by Crippen LogP contribution is 2.25. The summed E-state index contributed by atoms with van der Waals surface area (Å²) in [6.07, 6.45) is -4.37. The standard InChI is InChI=1S/C16H20N2O9/c1-25-11(20)5-9(19)16(24)26-7-10-12(21)13(22)15(27-10)18-4-2-3-8(6-18)14(17)23/h2-4,6,9-10,12-13,15,19,21-22H,5,7H2,1H3,(H-,17,23)/p+1/t9-,10+,12+,13+,15+/m0/s1. The minimum atomic E-state index is -1.72. The van der Waals surface area contributed by atoms with Gasteiger partial charge in [0, 0.05) is 6.07 Å². The predicted octanol–water partition coefficient (Wildman–Crippen LogP) is -2.84. The Hall–Kier alpha value is -2.60. The smallest absolute Gasteiger partial charge is 0.335 e. The Bertz CT molecular complexity index is 711. The maximum atomic E-state index is 11.7. The van der Waals surface area contributed by atoms with Crippen LogP contribution in [-0.2, 0) is 23.8 Å². The number of hydrogen-bond donors (Lipinski definition) is 4. The molecule has 11 heteroatoms. The first-order chi connectivity index (χ1) is 12.7. The second-order valence-electron chi connectivity index (χ2n) is 5.88. The van der Waals surface area contributed by atoms with Gasteiger partial charge in [-0.1, -0.05) is 0 Å². The zero-order valence-electron chi connectivity index (χ0n) is 14.4. The van der Waals surface area contributed by atoms with Crippen LogP contribution in [0, 0.1) is 0 Å². The highest BCUT2D eigenvalue weighted by Gasteiger charge is 2.48. The zero-order chi connectivity index (χ0) is 20.1. The maximum Gasteiger partial charge on any atom is 0.335 e. The van der Waals surface area contributed by atoms with Gasteiger partial charge in [0.25, 0.3) is 12.1 Å². The van der Waals surface area contributed by atoms with Crippen molar-refractivity contribution in [1.82, 2.24) is 0 Å². The molecule has 2 rings (SSSR count). The van der Waals surface area contributed by atoms with Crippen molar-refractivity contribution in [1.29, 1.82) is 0 Å². The van der Waals surface area contributed by atoms with Crippen molar-refractivity contribution in [3.63, 3.8) is 0 Å². The van der Waals surface area contributed by atoms with Crippen molar-refractivity contribution >= 4 is 17.8 Å². The van der Waals surface area contributed by atoms with E-state index >= 15 is 0 Å². The number of nitrogens with zero attached hydrogens (tertiary/aromatic N) is 1. The lowest BCUT2D eigenvalue weighted by atomic mass is 10.1. The third-order valence-electron chi connectivity index (χ3n) is 3.99. The largest absolute Gasteiger partial charge is 0.469 e. The molecule has 1 amide bonds. The molecule has 0 radical (unpaired) electrons. The van der Waals surface area contributed by atoms with Crippen LogP contribution in [0.25, 0.3) is 0 Å². The number of hydrogen-bond acceptors (Lipinski definition) is 9. The number of carbonyl (C=O) groups excluding carboxylic acids is 3. The summed E-state index contributed by atoms with van der Waals surface area (Å²) in [5, 5.41) is 29.8. The molecule has 1 aliphatic heterocycles. The van der Waals surface area contributed by atoms with E-state index in [0.29, 0.717) is 0 Å². The number of pyridine rings is 1. The van der Waals surface area contributed by atoms with Crippen LogP contribution in [0.3, 0.4) is 0 Å². The summed E-state index contributed by atoms with van der Waals surface area (Å²) >= 11 is 0. The Morgan fingerprint density at radius 2 is 2.04 bits per heavy atom. The molecule has 1 aliphatic rings. The summed E-state index contributed by atoms with van der Waals surface area (Å²) in [7, 11) is 1.11. The fraction of sp³-hybridized carbons (Fsp3) is 0.500. The summed E-state index contributed by atoms with van der Waals surface area (Å²) in [5.41, 5.74) is 5.38. The number of aromatic nitrogens is 1. The van der Waals surface area contributed by atoms with Gasteiger partial charge in [0.05, 0.1) is 13.5 Å². The van der Waals surface area contributed by atoms with E-state index in [9.17, 15) is 29.7 Å². The molecule has 2 heterocycles. The van der Waals surface area contributed by atoms with Gasteiger partial charge < -0.3 is 35.3 Å². The molecule has 0 aliphatic carbocycles. The van der Waals surface area contributed by atoms with E-state index in [1.54, 1.807) is 0 Å². The average molecular weight is 385 g/mol. The van der Waals surface area contributed by atoms with Gasteiger partial charge in [-0.3, -0.25) is 9.59 Å². The number of aliphatic hydroxyl groups excluding tert-OH is 3. The van der Waals surface area contributed by atoms with Crippen molar-refractivity contribution in [3.8, 4) is 0 Å². The second-order valence-corrected chi connectivity index (χ2v) is 5.88. The van der Waals surface area contributed by atoms with Gasteiger partial charge in [-0.15, -0.1) is 0 Å². The van der Waals surface area contributed by atoms with Gasteiger partial charge in [0.2, 0.25) is 0 Å². The molecule has 0 unspecified atom stereocenters. The monoisotopic (exact) mass is 385 g/mol. The Morgan fingerprint density at radius 3 is 2.67 bits per heavy atom. The summed E-state index contributed by atoms with van der Waals surface area (Å²) in [5.74, 6) is -2.57. The molecule has 27 heavy (non-hydrogen) atoms. The van der Waals surface area contributed by atoms with Crippen LogP contribution in [0.4, 0.5) is 0 Å². The quantitative estimate of drug-likeness (QED) is 0.285. The summed E-state index contributed by atoms with van der Waals surface area (Å²) < 4.78 is 16.0. The van der Waals surface area contributed by atoms with Crippen LogP contribution in [0.2, 0.25) is 0 Å². The Labute approximate surface area is 153 Å². The minimum Gasteiger partial charge on any atom is -0.469 e. The van der Waals surface area contributed by atoms with Crippen LogP contribution in [-0.4, -0.2) is 71.3 Å². The number of esters is 2. The van der Waals surface area contributed by atoms with Gasteiger partial charge >= 0.3 is 11.9 Å². The lowest BCUT2D eigenvalue weighted by Crippen LogP contribution is -2.46. The third-order valence-corrected chi connectivity index (χ3v) is 3.99. The van der Waals surface area contributed by atoms with Crippen LogP contribution in [0.1, 0.15) is 23.0 Å². The van der Waals surface area contributed by atoms with Crippen molar-refractivity contribution < 1.29 is 48.5 Å². The molecule has 0 spiro atoms. The molecule has 5 atom stereocenters. The van der Waals surface area contributed by atoms with Gasteiger partial charge in [-0.05, 0) is 6.07 Å². The molecule has 0 saturated carbocycles. The first kappa shape index (κ1) is 20.7. The lowest BCUT2D eigenvalue weighted by Gasteiger charge is -2.15. The topological polar surface area (TPSA) is 169 Å². The third kappa shape index (κ3) is 4.98. The average Bonchev–Trinajstić information content (AvgIpc) is 2.94. The summed E-state index contributed by atoms with van der Waals surface area (Å²) in [6.45, 7) is -0.470. The molecule has 0 bridgehead atoms. The summed E-state index contributed by atoms with van der Waals surface area (Å²) in [6, 6.07) is 2.98. The van der Waals surface area contributed by atoms with Gasteiger partial charge in [-0.2, -0.15) is 4.57 Å². The van der Waals surface area contributed by atoms with E-state index < -0.39 is 61.5 Å². The molecule has 11 nitrogen and oxygen atoms in total. The minimum absolute atomic E-state index is 0.170. The van der Waals surface area contributed by atoms with Crippen LogP contribution >= 0.6 is 0 Å². The second kappa shape index (κ2) is 8.86. The Kier molecular flexibility index (Phi) is 6.80. The normalized spacial score (nSPS) is 25.6. The van der Waals surface area contributed by atoms with Crippen LogP contribution in [0.15, 0.2) is 24.5 Å². The molecule has 0 aromatic carbocycles. The Morgan fingerprint density at radius 1 is 1.33 bits per heavy atom. The maximum absolute atomic E-state index is 11.7. The molecule has 1 fully saturated rings. The van der Waals surface area contributed by atoms with Gasteiger partial charge in [0.1, 0.15) is 24.4 Å². The highest BCUT2D eigenvalue weighted by molar-refractivity contribution is 5.92. The molecule has 5 N–H and O–H groups in total. The van der Waals surface area contributed by atoms with Crippen molar-refractivity contribution in [2.24, 2.45) is 5.73 Å². The van der Waals surface area contributed by atoms with Crippen molar-refractivity contribution in [2.45, 2.75) is 37.1 Å². The fourth-order valence-corrected chi connectivity index (χ4v) is 2.49. The molecule has 148 valence electrons. The molecular weight excluding hydrogens is 364 g/mol. The number of aliphatic hydroxyl groups is 3. The first-order valence-electron chi connectivity index (χ1n) is 7.98. The number of methoxy groups -OCH3 is 1. The summed E-state index contributed by atoms with van der Waals surface area (Å²) in [4.78, 5) is 34.0. The SMILES string of the molecule is COC(=O)C[C@H](O)C(=O)OC[C@H]1O[C@@H]([n+]2cccc(C(N)=O)c2)[C@H](O)[C@@H]1O. The number of nitrogens with two attached hydrogens (primary N) is 1. The van der Waals surface area contributed by atoms with E-state index in [0.717, 1.165) is 7.11 Å². The van der Waals surface area contributed by atoms with Crippen molar-refractivity contribution in [3.05, 3.63) is 30.1 Å². The van der Waals surface area contributed by atoms with Gasteiger partial charge in [-0.25, -0.2) is 4.79 Å².